The monoisotopic (exact) mass is 435 g/mol. The molecule has 1 fully saturated rings. The van der Waals surface area contributed by atoms with Gasteiger partial charge in [0.15, 0.2) is 11.0 Å². The summed E-state index contributed by atoms with van der Waals surface area (Å²) < 4.78 is 2.03. The Hall–Kier alpha value is -2.67. The van der Waals surface area contributed by atoms with Crippen molar-refractivity contribution in [1.82, 2.24) is 24.6 Å². The summed E-state index contributed by atoms with van der Waals surface area (Å²) in [5.74, 6) is 0.898. The van der Waals surface area contributed by atoms with Crippen LogP contribution in [0.4, 0.5) is 0 Å². The molecule has 1 aliphatic rings. The highest BCUT2D eigenvalue weighted by Crippen LogP contribution is 2.31. The summed E-state index contributed by atoms with van der Waals surface area (Å²) in [7, 11) is 1.95. The van der Waals surface area contributed by atoms with Gasteiger partial charge in [-0.15, -0.1) is 10.2 Å². The molecule has 2 aromatic heterocycles. The zero-order chi connectivity index (χ0) is 21.8. The van der Waals surface area contributed by atoms with E-state index in [0.717, 1.165) is 29.9 Å². The molecule has 2 heterocycles. The van der Waals surface area contributed by atoms with Gasteiger partial charge in [0, 0.05) is 36.7 Å². The maximum Gasteiger partial charge on any atom is 0.235 e. The van der Waals surface area contributed by atoms with E-state index in [9.17, 15) is 4.79 Å². The van der Waals surface area contributed by atoms with Gasteiger partial charge in [-0.05, 0) is 51.0 Å². The highest BCUT2D eigenvalue weighted by Gasteiger charge is 2.28. The molecule has 1 amide bonds. The molecule has 3 aromatic rings. The van der Waals surface area contributed by atoms with E-state index in [4.69, 9.17) is 0 Å². The SMILES string of the molecule is Cc1ccc(-n2c(SC(C)C(=O)N(C)C3CCCCC3)nnc2-c2ccncc2)cc1. The van der Waals surface area contributed by atoms with Gasteiger partial charge >= 0.3 is 0 Å². The van der Waals surface area contributed by atoms with Crippen LogP contribution in [0.3, 0.4) is 0 Å². The Balaban J connectivity index is 1.62. The van der Waals surface area contributed by atoms with Crippen molar-refractivity contribution in [2.45, 2.75) is 62.4 Å². The molecule has 7 heteroatoms. The van der Waals surface area contributed by atoms with Crippen LogP contribution in [0.15, 0.2) is 53.9 Å². The molecule has 1 aromatic carbocycles. The largest absolute Gasteiger partial charge is 0.342 e. The van der Waals surface area contributed by atoms with Crippen LogP contribution in [0.5, 0.6) is 0 Å². The van der Waals surface area contributed by atoms with Crippen molar-refractivity contribution in [3.05, 3.63) is 54.4 Å². The maximum atomic E-state index is 13.2. The van der Waals surface area contributed by atoms with Crippen LogP contribution in [-0.4, -0.2) is 48.9 Å². The summed E-state index contributed by atoms with van der Waals surface area (Å²) in [6.45, 7) is 4.03. The molecule has 1 atom stereocenters. The maximum absolute atomic E-state index is 13.2. The van der Waals surface area contributed by atoms with E-state index in [1.807, 2.05) is 35.6 Å². The van der Waals surface area contributed by atoms with Gasteiger partial charge in [0.25, 0.3) is 0 Å². The predicted molar refractivity (Wildman–Crippen MR) is 124 cm³/mol. The lowest BCUT2D eigenvalue weighted by Crippen LogP contribution is -2.42. The summed E-state index contributed by atoms with van der Waals surface area (Å²) in [6, 6.07) is 12.5. The molecule has 6 nitrogen and oxygen atoms in total. The van der Waals surface area contributed by atoms with Crippen LogP contribution < -0.4 is 0 Å². The van der Waals surface area contributed by atoms with Crippen LogP contribution in [0.2, 0.25) is 0 Å². The Morgan fingerprint density at radius 2 is 1.74 bits per heavy atom. The van der Waals surface area contributed by atoms with Crippen molar-refractivity contribution in [2.24, 2.45) is 0 Å². The topological polar surface area (TPSA) is 63.9 Å². The Labute approximate surface area is 188 Å². The summed E-state index contributed by atoms with van der Waals surface area (Å²) in [4.78, 5) is 19.2. The molecular weight excluding hydrogens is 406 g/mol. The molecule has 0 N–H and O–H groups in total. The number of carbonyl (C=O) groups is 1. The Morgan fingerprint density at radius 1 is 1.06 bits per heavy atom. The number of hydrogen-bond donors (Lipinski definition) is 0. The third kappa shape index (κ3) is 4.82. The number of rotatable bonds is 6. The van der Waals surface area contributed by atoms with Crippen LogP contribution in [0.1, 0.15) is 44.6 Å². The molecule has 1 unspecified atom stereocenters. The second-order valence-corrected chi connectivity index (χ2v) is 9.52. The minimum atomic E-state index is -0.245. The molecule has 162 valence electrons. The van der Waals surface area contributed by atoms with E-state index in [2.05, 4.69) is 46.4 Å². The number of nitrogens with zero attached hydrogens (tertiary/aromatic N) is 5. The van der Waals surface area contributed by atoms with Crippen molar-refractivity contribution in [2.75, 3.05) is 7.05 Å². The molecule has 1 aliphatic carbocycles. The number of aromatic nitrogens is 4. The predicted octanol–water partition coefficient (Wildman–Crippen LogP) is 4.91. The molecule has 0 aliphatic heterocycles. The number of pyridine rings is 1. The average Bonchev–Trinajstić information content (AvgIpc) is 3.23. The van der Waals surface area contributed by atoms with Gasteiger partial charge in [0.05, 0.1) is 5.25 Å². The van der Waals surface area contributed by atoms with Crippen molar-refractivity contribution < 1.29 is 4.79 Å². The summed E-state index contributed by atoms with van der Waals surface area (Å²) >= 11 is 1.47. The quantitative estimate of drug-likeness (QED) is 0.515. The van der Waals surface area contributed by atoms with Gasteiger partial charge in [0.1, 0.15) is 0 Å². The number of amides is 1. The highest BCUT2D eigenvalue weighted by molar-refractivity contribution is 8.00. The van der Waals surface area contributed by atoms with Gasteiger partial charge in [-0.25, -0.2) is 0 Å². The Kier molecular flexibility index (Phi) is 6.70. The molecule has 4 rings (SSSR count). The van der Waals surface area contributed by atoms with Crippen molar-refractivity contribution in [1.29, 1.82) is 0 Å². The number of thioether (sulfide) groups is 1. The molecule has 0 bridgehead atoms. The molecule has 0 radical (unpaired) electrons. The number of aryl methyl sites for hydroxylation is 1. The number of hydrogen-bond acceptors (Lipinski definition) is 5. The molecule has 0 spiro atoms. The minimum absolute atomic E-state index is 0.154. The van der Waals surface area contributed by atoms with E-state index >= 15 is 0 Å². The van der Waals surface area contributed by atoms with Crippen LogP contribution in [0, 0.1) is 6.92 Å². The van der Waals surface area contributed by atoms with E-state index in [-0.39, 0.29) is 11.2 Å². The first-order chi connectivity index (χ1) is 15.0. The second-order valence-electron chi connectivity index (χ2n) is 8.21. The summed E-state index contributed by atoms with van der Waals surface area (Å²) in [5.41, 5.74) is 3.10. The summed E-state index contributed by atoms with van der Waals surface area (Å²) in [6.07, 6.45) is 9.40. The van der Waals surface area contributed by atoms with Crippen molar-refractivity contribution >= 4 is 17.7 Å². The standard InChI is InChI=1S/C24H29N5OS/c1-17-9-11-21(12-10-17)29-22(19-13-15-25-16-14-19)26-27-24(29)31-18(2)23(30)28(3)20-7-5-4-6-8-20/h9-16,18,20H,4-8H2,1-3H3. The molecule has 0 saturated heterocycles. The Bertz CT molecular complexity index is 1010. The van der Waals surface area contributed by atoms with Gasteiger partial charge < -0.3 is 4.90 Å². The average molecular weight is 436 g/mol. The van der Waals surface area contributed by atoms with Crippen LogP contribution in [-0.2, 0) is 4.79 Å². The van der Waals surface area contributed by atoms with Gasteiger partial charge in [-0.1, -0.05) is 48.7 Å². The third-order valence-electron chi connectivity index (χ3n) is 5.96. The highest BCUT2D eigenvalue weighted by atomic mass is 32.2. The normalized spacial score (nSPS) is 15.6. The molecular formula is C24H29N5OS. The van der Waals surface area contributed by atoms with Crippen molar-refractivity contribution in [3.8, 4) is 17.1 Å². The van der Waals surface area contributed by atoms with E-state index in [1.54, 1.807) is 12.4 Å². The number of carbonyl (C=O) groups excluding carboxylic acids is 1. The second kappa shape index (κ2) is 9.64. The lowest BCUT2D eigenvalue weighted by molar-refractivity contribution is -0.131. The van der Waals surface area contributed by atoms with E-state index in [0.29, 0.717) is 11.2 Å². The van der Waals surface area contributed by atoms with E-state index < -0.39 is 0 Å². The van der Waals surface area contributed by atoms with Crippen molar-refractivity contribution in [3.63, 3.8) is 0 Å². The lowest BCUT2D eigenvalue weighted by atomic mass is 9.94. The first-order valence-corrected chi connectivity index (χ1v) is 11.8. The van der Waals surface area contributed by atoms with Crippen LogP contribution in [0.25, 0.3) is 17.1 Å². The third-order valence-corrected chi connectivity index (χ3v) is 6.99. The lowest BCUT2D eigenvalue weighted by Gasteiger charge is -2.32. The Morgan fingerprint density at radius 3 is 2.42 bits per heavy atom. The fraction of sp³-hybridized carbons (Fsp3) is 0.417. The minimum Gasteiger partial charge on any atom is -0.342 e. The van der Waals surface area contributed by atoms with Gasteiger partial charge in [-0.3, -0.25) is 14.3 Å². The first-order valence-electron chi connectivity index (χ1n) is 10.9. The number of benzene rings is 1. The smallest absolute Gasteiger partial charge is 0.235 e. The zero-order valence-corrected chi connectivity index (χ0v) is 19.2. The van der Waals surface area contributed by atoms with E-state index in [1.165, 1.54) is 36.6 Å². The van der Waals surface area contributed by atoms with Gasteiger partial charge in [0.2, 0.25) is 5.91 Å². The molecule has 31 heavy (non-hydrogen) atoms. The fourth-order valence-corrected chi connectivity index (χ4v) is 5.07. The zero-order valence-electron chi connectivity index (χ0n) is 18.4. The van der Waals surface area contributed by atoms with Gasteiger partial charge in [-0.2, -0.15) is 0 Å². The molecule has 1 saturated carbocycles. The van der Waals surface area contributed by atoms with Crippen LogP contribution >= 0.6 is 11.8 Å². The fourth-order valence-electron chi connectivity index (χ4n) is 4.10. The summed E-state index contributed by atoms with van der Waals surface area (Å²) in [5, 5.41) is 9.41. The first kappa shape index (κ1) is 21.6.